The maximum atomic E-state index is 11.6. The maximum absolute atomic E-state index is 11.6. The molecule has 0 radical (unpaired) electrons. The molecule has 0 aromatic heterocycles. The molecule has 0 aromatic rings. The van der Waals surface area contributed by atoms with E-state index in [1.807, 2.05) is 0 Å². The standard InChI is InChI=1S/C11H18N2O4/c1-7(14)5-13-10(15)8-3-4-9(12-6-8)11(16)17-2/h8-9,12H,3-6H2,1-2H3,(H,13,15)/t8?,9-/m0/s1. The third kappa shape index (κ3) is 4.14. The van der Waals surface area contributed by atoms with Gasteiger partial charge in [-0.05, 0) is 19.8 Å². The van der Waals surface area contributed by atoms with Crippen molar-refractivity contribution < 1.29 is 19.1 Å². The molecular formula is C11H18N2O4. The van der Waals surface area contributed by atoms with Crippen molar-refractivity contribution >= 4 is 17.7 Å². The van der Waals surface area contributed by atoms with Gasteiger partial charge in [-0.1, -0.05) is 0 Å². The van der Waals surface area contributed by atoms with Gasteiger partial charge in [-0.15, -0.1) is 0 Å². The van der Waals surface area contributed by atoms with E-state index in [1.165, 1.54) is 14.0 Å². The van der Waals surface area contributed by atoms with E-state index in [-0.39, 0.29) is 36.2 Å². The van der Waals surface area contributed by atoms with E-state index in [0.717, 1.165) is 0 Å². The summed E-state index contributed by atoms with van der Waals surface area (Å²) in [5.41, 5.74) is 0. The first kappa shape index (κ1) is 13.6. The van der Waals surface area contributed by atoms with Gasteiger partial charge in [-0.2, -0.15) is 0 Å². The highest BCUT2D eigenvalue weighted by molar-refractivity contribution is 5.86. The molecule has 1 aliphatic rings. The fourth-order valence-electron chi connectivity index (χ4n) is 1.78. The van der Waals surface area contributed by atoms with Crippen molar-refractivity contribution in [1.29, 1.82) is 0 Å². The van der Waals surface area contributed by atoms with Crippen LogP contribution in [0.4, 0.5) is 0 Å². The summed E-state index contributed by atoms with van der Waals surface area (Å²) in [5, 5.41) is 5.53. The number of hydrogen-bond acceptors (Lipinski definition) is 5. The number of amides is 1. The Morgan fingerprint density at radius 1 is 1.35 bits per heavy atom. The van der Waals surface area contributed by atoms with Crippen LogP contribution in [0.1, 0.15) is 19.8 Å². The number of rotatable bonds is 4. The zero-order chi connectivity index (χ0) is 12.8. The summed E-state index contributed by atoms with van der Waals surface area (Å²) in [6, 6.07) is -0.322. The molecular weight excluding hydrogens is 224 g/mol. The Kier molecular flexibility index (Phi) is 5.09. The lowest BCUT2D eigenvalue weighted by molar-refractivity contribution is -0.144. The fourth-order valence-corrected chi connectivity index (χ4v) is 1.78. The molecule has 0 bridgehead atoms. The van der Waals surface area contributed by atoms with Gasteiger partial charge in [-0.3, -0.25) is 14.4 Å². The van der Waals surface area contributed by atoms with Crippen LogP contribution < -0.4 is 10.6 Å². The second kappa shape index (κ2) is 6.34. The highest BCUT2D eigenvalue weighted by atomic mass is 16.5. The number of hydrogen-bond donors (Lipinski definition) is 2. The number of piperidine rings is 1. The molecule has 6 heteroatoms. The maximum Gasteiger partial charge on any atom is 0.322 e. The van der Waals surface area contributed by atoms with Crippen LogP contribution >= 0.6 is 0 Å². The molecule has 1 fully saturated rings. The van der Waals surface area contributed by atoms with Gasteiger partial charge in [0.05, 0.1) is 19.6 Å². The monoisotopic (exact) mass is 242 g/mol. The van der Waals surface area contributed by atoms with Gasteiger partial charge >= 0.3 is 5.97 Å². The van der Waals surface area contributed by atoms with Gasteiger partial charge in [0.2, 0.25) is 5.91 Å². The summed E-state index contributed by atoms with van der Waals surface area (Å²) in [7, 11) is 1.34. The summed E-state index contributed by atoms with van der Waals surface area (Å²) in [5.74, 6) is -0.701. The molecule has 17 heavy (non-hydrogen) atoms. The van der Waals surface area contributed by atoms with Crippen molar-refractivity contribution in [3.63, 3.8) is 0 Å². The van der Waals surface area contributed by atoms with Crippen LogP contribution in [-0.2, 0) is 19.1 Å². The third-order valence-electron chi connectivity index (χ3n) is 2.78. The van der Waals surface area contributed by atoms with Crippen LogP contribution in [0.15, 0.2) is 0 Å². The second-order valence-corrected chi connectivity index (χ2v) is 4.18. The number of Topliss-reactive ketones (excluding diaryl/α,β-unsaturated/α-hetero) is 1. The minimum Gasteiger partial charge on any atom is -0.468 e. The van der Waals surface area contributed by atoms with E-state index >= 15 is 0 Å². The van der Waals surface area contributed by atoms with Crippen molar-refractivity contribution in [2.45, 2.75) is 25.8 Å². The Balaban J connectivity index is 2.33. The lowest BCUT2D eigenvalue weighted by atomic mass is 9.94. The fraction of sp³-hybridized carbons (Fsp3) is 0.727. The molecule has 1 aliphatic heterocycles. The Bertz CT molecular complexity index is 309. The molecule has 1 amide bonds. The van der Waals surface area contributed by atoms with Gasteiger partial charge in [-0.25, -0.2) is 0 Å². The minimum atomic E-state index is -0.322. The van der Waals surface area contributed by atoms with Crippen LogP contribution in [-0.4, -0.2) is 43.9 Å². The highest BCUT2D eigenvalue weighted by Crippen LogP contribution is 2.15. The van der Waals surface area contributed by atoms with Crippen molar-refractivity contribution in [2.75, 3.05) is 20.2 Å². The van der Waals surface area contributed by atoms with Gasteiger partial charge < -0.3 is 15.4 Å². The van der Waals surface area contributed by atoms with E-state index in [2.05, 4.69) is 15.4 Å². The molecule has 1 saturated heterocycles. The predicted octanol–water partition coefficient (Wildman–Crippen LogP) is -0.767. The molecule has 96 valence electrons. The van der Waals surface area contributed by atoms with Crippen molar-refractivity contribution in [2.24, 2.45) is 5.92 Å². The first-order chi connectivity index (χ1) is 8.04. The number of ether oxygens (including phenoxy) is 1. The van der Waals surface area contributed by atoms with Crippen LogP contribution in [0, 0.1) is 5.92 Å². The summed E-state index contributed by atoms with van der Waals surface area (Å²) in [6.07, 6.45) is 1.20. The molecule has 0 aliphatic carbocycles. The molecule has 2 N–H and O–H groups in total. The Labute approximate surface area is 100 Å². The van der Waals surface area contributed by atoms with Crippen LogP contribution in [0.3, 0.4) is 0 Å². The number of ketones is 1. The van der Waals surface area contributed by atoms with E-state index in [1.54, 1.807) is 0 Å². The van der Waals surface area contributed by atoms with Crippen molar-refractivity contribution in [3.05, 3.63) is 0 Å². The first-order valence-electron chi connectivity index (χ1n) is 5.63. The van der Waals surface area contributed by atoms with Crippen LogP contribution in [0.25, 0.3) is 0 Å². The van der Waals surface area contributed by atoms with E-state index in [4.69, 9.17) is 0 Å². The molecule has 0 spiro atoms. The molecule has 6 nitrogen and oxygen atoms in total. The summed E-state index contributed by atoms with van der Waals surface area (Å²) >= 11 is 0. The third-order valence-corrected chi connectivity index (χ3v) is 2.78. The van der Waals surface area contributed by atoms with Gasteiger partial charge in [0.15, 0.2) is 0 Å². The molecule has 2 atom stereocenters. The lowest BCUT2D eigenvalue weighted by Gasteiger charge is -2.27. The Hall–Kier alpha value is -1.43. The molecule has 0 aromatic carbocycles. The normalized spacial score (nSPS) is 23.9. The largest absolute Gasteiger partial charge is 0.468 e. The van der Waals surface area contributed by atoms with Crippen molar-refractivity contribution in [1.82, 2.24) is 10.6 Å². The van der Waals surface area contributed by atoms with Crippen LogP contribution in [0.2, 0.25) is 0 Å². The molecule has 0 saturated carbocycles. The number of nitrogens with one attached hydrogen (secondary N) is 2. The van der Waals surface area contributed by atoms with E-state index < -0.39 is 0 Å². The van der Waals surface area contributed by atoms with E-state index in [9.17, 15) is 14.4 Å². The number of carbonyl (C=O) groups excluding carboxylic acids is 3. The molecule has 1 heterocycles. The zero-order valence-electron chi connectivity index (χ0n) is 10.1. The summed E-state index contributed by atoms with van der Waals surface area (Å²) in [6.45, 7) is 1.92. The SMILES string of the molecule is COC(=O)[C@@H]1CCC(C(=O)NCC(C)=O)CN1. The molecule has 1 rings (SSSR count). The van der Waals surface area contributed by atoms with E-state index in [0.29, 0.717) is 19.4 Å². The Morgan fingerprint density at radius 3 is 2.53 bits per heavy atom. The second-order valence-electron chi connectivity index (χ2n) is 4.18. The van der Waals surface area contributed by atoms with Gasteiger partial charge in [0.25, 0.3) is 0 Å². The quantitative estimate of drug-likeness (QED) is 0.633. The highest BCUT2D eigenvalue weighted by Gasteiger charge is 2.29. The van der Waals surface area contributed by atoms with Gasteiger partial charge in [0, 0.05) is 6.54 Å². The predicted molar refractivity (Wildman–Crippen MR) is 60.2 cm³/mol. The number of carbonyl (C=O) groups is 3. The summed E-state index contributed by atoms with van der Waals surface area (Å²) < 4.78 is 4.62. The van der Waals surface area contributed by atoms with Crippen LogP contribution in [0.5, 0.6) is 0 Å². The lowest BCUT2D eigenvalue weighted by Crippen LogP contribution is -2.49. The first-order valence-corrected chi connectivity index (χ1v) is 5.63. The Morgan fingerprint density at radius 2 is 2.06 bits per heavy atom. The average molecular weight is 242 g/mol. The minimum absolute atomic E-state index is 0.0652. The topological polar surface area (TPSA) is 84.5 Å². The summed E-state index contributed by atoms with van der Waals surface area (Å²) in [4.78, 5) is 33.6. The number of methoxy groups -OCH3 is 1. The number of esters is 1. The van der Waals surface area contributed by atoms with Crippen molar-refractivity contribution in [3.8, 4) is 0 Å². The smallest absolute Gasteiger partial charge is 0.322 e. The zero-order valence-corrected chi connectivity index (χ0v) is 10.1. The molecule has 1 unspecified atom stereocenters. The van der Waals surface area contributed by atoms with Gasteiger partial charge in [0.1, 0.15) is 11.8 Å². The average Bonchev–Trinajstić information content (AvgIpc) is 2.35.